The smallest absolute Gasteiger partial charge is 0.338 e. The molecule has 0 aromatic carbocycles. The summed E-state index contributed by atoms with van der Waals surface area (Å²) in [4.78, 5) is 35.0. The summed E-state index contributed by atoms with van der Waals surface area (Å²) in [5.41, 5.74) is 0.0538. The van der Waals surface area contributed by atoms with Gasteiger partial charge in [-0.1, -0.05) is 0 Å². The van der Waals surface area contributed by atoms with E-state index in [4.69, 9.17) is 5.11 Å². The zero-order valence-electron chi connectivity index (χ0n) is 10.6. The van der Waals surface area contributed by atoms with Gasteiger partial charge in [-0.2, -0.15) is 0 Å². The summed E-state index contributed by atoms with van der Waals surface area (Å²) in [6, 6.07) is 0.974. The van der Waals surface area contributed by atoms with Gasteiger partial charge < -0.3 is 15.3 Å². The molecule has 1 aromatic heterocycles. The Labute approximate surface area is 114 Å². The van der Waals surface area contributed by atoms with E-state index in [-0.39, 0.29) is 29.4 Å². The van der Waals surface area contributed by atoms with E-state index in [0.717, 1.165) is 11.3 Å². The summed E-state index contributed by atoms with van der Waals surface area (Å²) in [6.45, 7) is 0.249. The average molecular weight is 285 g/mol. The fourth-order valence-corrected chi connectivity index (χ4v) is 2.03. The largest absolute Gasteiger partial charge is 0.478 e. The maximum Gasteiger partial charge on any atom is 0.338 e. The van der Waals surface area contributed by atoms with Crippen LogP contribution in [0, 0.1) is 0 Å². The number of thiophene rings is 1. The predicted molar refractivity (Wildman–Crippen MR) is 71.6 cm³/mol. The fourth-order valence-electron chi connectivity index (χ4n) is 1.26. The summed E-state index contributed by atoms with van der Waals surface area (Å²) in [5, 5.41) is 15.7. The highest BCUT2D eigenvalue weighted by molar-refractivity contribution is 7.14. The molecule has 0 aliphatic rings. The Morgan fingerprint density at radius 1 is 1.42 bits per heavy atom. The van der Waals surface area contributed by atoms with Crippen molar-refractivity contribution in [2.75, 3.05) is 26.0 Å². The molecule has 0 unspecified atom stereocenters. The first-order valence-corrected chi connectivity index (χ1v) is 6.37. The van der Waals surface area contributed by atoms with Crippen LogP contribution in [0.1, 0.15) is 16.8 Å². The van der Waals surface area contributed by atoms with Gasteiger partial charge in [0, 0.05) is 27.1 Å². The van der Waals surface area contributed by atoms with E-state index < -0.39 is 12.0 Å². The third kappa shape index (κ3) is 4.25. The number of rotatable bonds is 5. The SMILES string of the molecule is CNC(=O)CCN(C)C(=O)Nc1sccc1C(=O)O. The van der Waals surface area contributed by atoms with Crippen LogP contribution < -0.4 is 10.6 Å². The number of carboxylic acid groups (broad SMARTS) is 1. The van der Waals surface area contributed by atoms with Crippen molar-refractivity contribution in [2.24, 2.45) is 0 Å². The maximum absolute atomic E-state index is 11.8. The number of hydrogen-bond acceptors (Lipinski definition) is 4. The topological polar surface area (TPSA) is 98.7 Å². The third-order valence-electron chi connectivity index (χ3n) is 2.42. The Morgan fingerprint density at radius 3 is 2.68 bits per heavy atom. The molecular formula is C11H15N3O4S. The Balaban J connectivity index is 2.56. The summed E-state index contributed by atoms with van der Waals surface area (Å²) < 4.78 is 0. The quantitative estimate of drug-likeness (QED) is 0.753. The lowest BCUT2D eigenvalue weighted by molar-refractivity contribution is -0.120. The molecule has 0 fully saturated rings. The molecule has 0 bridgehead atoms. The van der Waals surface area contributed by atoms with Gasteiger partial charge >= 0.3 is 12.0 Å². The molecule has 0 aliphatic heterocycles. The molecule has 1 aromatic rings. The van der Waals surface area contributed by atoms with Crippen LogP contribution in [0.25, 0.3) is 0 Å². The van der Waals surface area contributed by atoms with E-state index in [2.05, 4.69) is 10.6 Å². The van der Waals surface area contributed by atoms with Crippen LogP contribution >= 0.6 is 11.3 Å². The van der Waals surface area contributed by atoms with E-state index in [1.54, 1.807) is 5.38 Å². The van der Waals surface area contributed by atoms with Crippen molar-refractivity contribution >= 4 is 34.2 Å². The first-order chi connectivity index (χ1) is 8.95. The van der Waals surface area contributed by atoms with Gasteiger partial charge in [-0.15, -0.1) is 11.3 Å². The summed E-state index contributed by atoms with van der Waals surface area (Å²) in [7, 11) is 3.06. The van der Waals surface area contributed by atoms with Crippen LogP contribution in [0.2, 0.25) is 0 Å². The molecule has 19 heavy (non-hydrogen) atoms. The molecule has 0 spiro atoms. The van der Waals surface area contributed by atoms with Gasteiger partial charge in [0.15, 0.2) is 0 Å². The van der Waals surface area contributed by atoms with Crippen molar-refractivity contribution in [3.8, 4) is 0 Å². The number of nitrogens with zero attached hydrogens (tertiary/aromatic N) is 1. The maximum atomic E-state index is 11.8. The summed E-state index contributed by atoms with van der Waals surface area (Å²) in [6.07, 6.45) is 0.191. The lowest BCUT2D eigenvalue weighted by Gasteiger charge is -2.17. The molecule has 0 radical (unpaired) electrons. The third-order valence-corrected chi connectivity index (χ3v) is 3.25. The van der Waals surface area contributed by atoms with Gasteiger partial charge in [0.25, 0.3) is 0 Å². The zero-order valence-corrected chi connectivity index (χ0v) is 11.4. The molecule has 104 valence electrons. The van der Waals surface area contributed by atoms with Gasteiger partial charge in [0.05, 0.1) is 5.56 Å². The van der Waals surface area contributed by atoms with Crippen LogP contribution in [-0.4, -0.2) is 48.6 Å². The van der Waals surface area contributed by atoms with E-state index in [0.29, 0.717) is 0 Å². The lowest BCUT2D eigenvalue weighted by atomic mass is 10.3. The Bertz CT molecular complexity index is 486. The lowest BCUT2D eigenvalue weighted by Crippen LogP contribution is -2.34. The second-order valence-electron chi connectivity index (χ2n) is 3.74. The fraction of sp³-hybridized carbons (Fsp3) is 0.364. The van der Waals surface area contributed by atoms with Crippen molar-refractivity contribution in [2.45, 2.75) is 6.42 Å². The number of nitrogens with one attached hydrogen (secondary N) is 2. The highest BCUT2D eigenvalue weighted by atomic mass is 32.1. The second-order valence-corrected chi connectivity index (χ2v) is 4.66. The minimum absolute atomic E-state index is 0.0538. The first kappa shape index (κ1) is 15.0. The number of aromatic carboxylic acids is 1. The molecule has 7 nitrogen and oxygen atoms in total. The molecule has 0 saturated carbocycles. The van der Waals surface area contributed by atoms with Crippen LogP contribution in [0.3, 0.4) is 0 Å². The Hall–Kier alpha value is -2.09. The van der Waals surface area contributed by atoms with E-state index in [9.17, 15) is 14.4 Å². The van der Waals surface area contributed by atoms with E-state index >= 15 is 0 Å². The van der Waals surface area contributed by atoms with Crippen molar-refractivity contribution in [3.05, 3.63) is 17.0 Å². The second kappa shape index (κ2) is 6.74. The molecule has 0 aliphatic carbocycles. The Kier molecular flexibility index (Phi) is 5.31. The van der Waals surface area contributed by atoms with Gasteiger partial charge in [0.1, 0.15) is 5.00 Å². The zero-order chi connectivity index (χ0) is 14.4. The van der Waals surface area contributed by atoms with Gasteiger partial charge in [-0.3, -0.25) is 10.1 Å². The molecular weight excluding hydrogens is 270 g/mol. The van der Waals surface area contributed by atoms with Gasteiger partial charge in [0.2, 0.25) is 5.91 Å². The van der Waals surface area contributed by atoms with E-state index in [1.807, 2.05) is 0 Å². The number of hydrogen-bond donors (Lipinski definition) is 3. The minimum Gasteiger partial charge on any atom is -0.478 e. The van der Waals surface area contributed by atoms with Crippen LogP contribution in [0.4, 0.5) is 9.80 Å². The molecule has 8 heteroatoms. The molecule has 0 atom stereocenters. The van der Waals surface area contributed by atoms with Crippen LogP contribution in [0.5, 0.6) is 0 Å². The van der Waals surface area contributed by atoms with E-state index in [1.165, 1.54) is 25.1 Å². The minimum atomic E-state index is -1.09. The predicted octanol–water partition coefficient (Wildman–Crippen LogP) is 1.05. The first-order valence-electron chi connectivity index (χ1n) is 5.49. The average Bonchev–Trinajstić information content (AvgIpc) is 2.83. The monoisotopic (exact) mass is 285 g/mol. The van der Waals surface area contributed by atoms with Crippen LogP contribution in [0.15, 0.2) is 11.4 Å². The highest BCUT2D eigenvalue weighted by Gasteiger charge is 2.16. The van der Waals surface area contributed by atoms with Crippen molar-refractivity contribution in [3.63, 3.8) is 0 Å². The summed E-state index contributed by atoms with van der Waals surface area (Å²) in [5.74, 6) is -1.26. The number of amides is 3. The Morgan fingerprint density at radius 2 is 2.11 bits per heavy atom. The molecule has 3 amide bonds. The molecule has 1 rings (SSSR count). The number of carbonyl (C=O) groups excluding carboxylic acids is 2. The number of carbonyl (C=O) groups is 3. The molecule has 0 saturated heterocycles. The normalized spacial score (nSPS) is 9.79. The standard InChI is InChI=1S/C11H15N3O4S/c1-12-8(15)3-5-14(2)11(18)13-9-7(10(16)17)4-6-19-9/h4,6H,3,5H2,1-2H3,(H,12,15)(H,13,18)(H,16,17). The van der Waals surface area contributed by atoms with Gasteiger partial charge in [-0.25, -0.2) is 9.59 Å². The highest BCUT2D eigenvalue weighted by Crippen LogP contribution is 2.23. The summed E-state index contributed by atoms with van der Waals surface area (Å²) >= 11 is 1.13. The molecule has 3 N–H and O–H groups in total. The van der Waals surface area contributed by atoms with Gasteiger partial charge in [-0.05, 0) is 11.4 Å². The van der Waals surface area contributed by atoms with Crippen molar-refractivity contribution in [1.82, 2.24) is 10.2 Å². The molecule has 1 heterocycles. The van der Waals surface area contributed by atoms with Crippen LogP contribution in [-0.2, 0) is 4.79 Å². The van der Waals surface area contributed by atoms with Crippen molar-refractivity contribution < 1.29 is 19.5 Å². The number of urea groups is 1. The van der Waals surface area contributed by atoms with Crippen molar-refractivity contribution in [1.29, 1.82) is 0 Å². The number of anilines is 1. The number of carboxylic acids is 1.